The highest BCUT2D eigenvalue weighted by atomic mass is 16.5. The Bertz CT molecular complexity index is 402. The number of methoxy groups -OCH3 is 2. The molecule has 0 aliphatic carbocycles. The zero-order valence-electron chi connectivity index (χ0n) is 10.8. The monoisotopic (exact) mass is 249 g/mol. The lowest BCUT2D eigenvalue weighted by Crippen LogP contribution is -2.35. The van der Waals surface area contributed by atoms with E-state index >= 15 is 0 Å². The van der Waals surface area contributed by atoms with Crippen LogP contribution in [0, 0.1) is 0 Å². The smallest absolute Gasteiger partial charge is 0.337 e. The van der Waals surface area contributed by atoms with Crippen molar-refractivity contribution >= 4 is 5.97 Å². The topological polar surface area (TPSA) is 47.6 Å². The maximum absolute atomic E-state index is 11.3. The number of piperidine rings is 1. The molecular weight excluding hydrogens is 230 g/mol. The minimum Gasteiger partial charge on any atom is -0.465 e. The average Bonchev–Trinajstić information content (AvgIpc) is 2.46. The summed E-state index contributed by atoms with van der Waals surface area (Å²) in [5.74, 6) is -0.298. The molecule has 1 N–H and O–H groups in total. The van der Waals surface area contributed by atoms with Gasteiger partial charge in [0.1, 0.15) is 0 Å². The Morgan fingerprint density at radius 3 is 2.61 bits per heavy atom. The van der Waals surface area contributed by atoms with Crippen LogP contribution in [-0.2, 0) is 9.47 Å². The second-order valence-corrected chi connectivity index (χ2v) is 4.50. The molecule has 1 aliphatic rings. The Morgan fingerprint density at radius 2 is 2.00 bits per heavy atom. The number of hydrogen-bond acceptors (Lipinski definition) is 4. The molecule has 1 aliphatic heterocycles. The Labute approximate surface area is 107 Å². The average molecular weight is 249 g/mol. The predicted octanol–water partition coefficient (Wildman–Crippen LogP) is 1.91. The molecule has 2 atom stereocenters. The van der Waals surface area contributed by atoms with Gasteiger partial charge in [-0.05, 0) is 37.1 Å². The summed E-state index contributed by atoms with van der Waals surface area (Å²) in [5, 5.41) is 3.47. The van der Waals surface area contributed by atoms with E-state index in [4.69, 9.17) is 4.74 Å². The van der Waals surface area contributed by atoms with Gasteiger partial charge in [-0.2, -0.15) is 0 Å². The van der Waals surface area contributed by atoms with Crippen LogP contribution in [0.3, 0.4) is 0 Å². The highest BCUT2D eigenvalue weighted by molar-refractivity contribution is 5.89. The number of hydrogen-bond donors (Lipinski definition) is 1. The molecule has 98 valence electrons. The third-order valence-electron chi connectivity index (χ3n) is 3.42. The van der Waals surface area contributed by atoms with Gasteiger partial charge < -0.3 is 14.8 Å². The van der Waals surface area contributed by atoms with Crippen molar-refractivity contribution in [1.29, 1.82) is 0 Å². The summed E-state index contributed by atoms with van der Waals surface area (Å²) < 4.78 is 10.1. The lowest BCUT2D eigenvalue weighted by Gasteiger charge is -2.29. The van der Waals surface area contributed by atoms with Crippen LogP contribution in [0.4, 0.5) is 0 Å². The summed E-state index contributed by atoms with van der Waals surface area (Å²) in [5.41, 5.74) is 1.77. The Balaban J connectivity index is 2.07. The van der Waals surface area contributed by atoms with Crippen molar-refractivity contribution in [2.75, 3.05) is 20.8 Å². The van der Waals surface area contributed by atoms with Gasteiger partial charge in [0.05, 0.1) is 18.8 Å². The predicted molar refractivity (Wildman–Crippen MR) is 68.6 cm³/mol. The molecule has 0 amide bonds. The zero-order chi connectivity index (χ0) is 13.0. The number of ether oxygens (including phenoxy) is 2. The molecule has 1 saturated heterocycles. The Morgan fingerprint density at radius 1 is 1.28 bits per heavy atom. The largest absolute Gasteiger partial charge is 0.465 e. The van der Waals surface area contributed by atoms with Crippen LogP contribution in [0.2, 0.25) is 0 Å². The van der Waals surface area contributed by atoms with Crippen molar-refractivity contribution in [2.24, 2.45) is 0 Å². The molecule has 1 heterocycles. The first kappa shape index (κ1) is 13.1. The molecule has 0 aromatic heterocycles. The summed E-state index contributed by atoms with van der Waals surface area (Å²) in [7, 11) is 3.15. The molecular formula is C14H19NO3. The third-order valence-corrected chi connectivity index (χ3v) is 3.42. The fourth-order valence-corrected chi connectivity index (χ4v) is 2.32. The quantitative estimate of drug-likeness (QED) is 0.831. The van der Waals surface area contributed by atoms with Crippen molar-refractivity contribution in [2.45, 2.75) is 25.0 Å². The van der Waals surface area contributed by atoms with Gasteiger partial charge in [-0.3, -0.25) is 0 Å². The Kier molecular flexibility index (Phi) is 4.33. The first-order chi connectivity index (χ1) is 8.74. The second-order valence-electron chi connectivity index (χ2n) is 4.50. The number of nitrogens with one attached hydrogen (secondary N) is 1. The summed E-state index contributed by atoms with van der Waals surface area (Å²) in [6, 6.07) is 7.86. The van der Waals surface area contributed by atoms with Gasteiger partial charge in [0.15, 0.2) is 0 Å². The highest BCUT2D eigenvalue weighted by Crippen LogP contribution is 2.24. The van der Waals surface area contributed by atoms with E-state index in [1.807, 2.05) is 12.1 Å². The van der Waals surface area contributed by atoms with Crippen molar-refractivity contribution in [3.63, 3.8) is 0 Å². The molecule has 1 aromatic rings. The third kappa shape index (κ3) is 2.89. The maximum Gasteiger partial charge on any atom is 0.337 e. The van der Waals surface area contributed by atoms with Gasteiger partial charge in [0.25, 0.3) is 0 Å². The molecule has 0 bridgehead atoms. The maximum atomic E-state index is 11.3. The van der Waals surface area contributed by atoms with Crippen LogP contribution in [-0.4, -0.2) is 32.8 Å². The van der Waals surface area contributed by atoms with Crippen molar-refractivity contribution in [3.8, 4) is 0 Å². The van der Waals surface area contributed by atoms with E-state index < -0.39 is 0 Å². The van der Waals surface area contributed by atoms with Crippen LogP contribution < -0.4 is 5.32 Å². The number of carbonyl (C=O) groups is 1. The van der Waals surface area contributed by atoms with Crippen LogP contribution in [0.25, 0.3) is 0 Å². The van der Waals surface area contributed by atoms with E-state index in [0.717, 1.165) is 19.4 Å². The van der Waals surface area contributed by atoms with Crippen molar-refractivity contribution < 1.29 is 14.3 Å². The van der Waals surface area contributed by atoms with Gasteiger partial charge in [-0.1, -0.05) is 12.1 Å². The molecule has 4 heteroatoms. The molecule has 4 nitrogen and oxygen atoms in total. The fraction of sp³-hybridized carbons (Fsp3) is 0.500. The first-order valence-electron chi connectivity index (χ1n) is 6.19. The molecule has 0 unspecified atom stereocenters. The van der Waals surface area contributed by atoms with E-state index in [1.165, 1.54) is 12.7 Å². The summed E-state index contributed by atoms with van der Waals surface area (Å²) >= 11 is 0. The minimum atomic E-state index is -0.298. The van der Waals surface area contributed by atoms with E-state index in [9.17, 15) is 4.79 Å². The molecule has 18 heavy (non-hydrogen) atoms. The van der Waals surface area contributed by atoms with Crippen LogP contribution >= 0.6 is 0 Å². The Hall–Kier alpha value is -1.39. The van der Waals surface area contributed by atoms with E-state index in [2.05, 4.69) is 10.1 Å². The van der Waals surface area contributed by atoms with Crippen LogP contribution in [0.15, 0.2) is 24.3 Å². The molecule has 0 saturated carbocycles. The molecule has 0 radical (unpaired) electrons. The molecule has 0 spiro atoms. The molecule has 1 fully saturated rings. The lowest BCUT2D eigenvalue weighted by molar-refractivity contribution is 0.0597. The minimum absolute atomic E-state index is 0.298. The fourth-order valence-electron chi connectivity index (χ4n) is 2.32. The van der Waals surface area contributed by atoms with E-state index in [0.29, 0.717) is 17.7 Å². The van der Waals surface area contributed by atoms with Gasteiger partial charge in [0.2, 0.25) is 0 Å². The van der Waals surface area contributed by atoms with Gasteiger partial charge in [-0.25, -0.2) is 4.79 Å². The number of esters is 1. The summed E-state index contributed by atoms with van der Waals surface area (Å²) in [4.78, 5) is 11.3. The standard InChI is InChI=1S/C14H19NO3/c1-17-12-7-8-15-13(9-12)10-3-5-11(6-4-10)14(16)18-2/h3-6,12-13,15H,7-9H2,1-2H3/t12-,13+/m1/s1. The number of rotatable bonds is 3. The van der Waals surface area contributed by atoms with Crippen molar-refractivity contribution in [3.05, 3.63) is 35.4 Å². The second kappa shape index (κ2) is 5.98. The van der Waals surface area contributed by atoms with E-state index in [-0.39, 0.29) is 5.97 Å². The lowest BCUT2D eigenvalue weighted by atomic mass is 9.95. The number of benzene rings is 1. The SMILES string of the molecule is COC(=O)c1ccc([C@@H]2C[C@H](OC)CCN2)cc1. The summed E-state index contributed by atoms with van der Waals surface area (Å²) in [6.45, 7) is 0.960. The van der Waals surface area contributed by atoms with Gasteiger partial charge >= 0.3 is 5.97 Å². The van der Waals surface area contributed by atoms with Crippen LogP contribution in [0.5, 0.6) is 0 Å². The van der Waals surface area contributed by atoms with Crippen molar-refractivity contribution in [1.82, 2.24) is 5.32 Å². The first-order valence-corrected chi connectivity index (χ1v) is 6.19. The molecule has 2 rings (SSSR count). The highest BCUT2D eigenvalue weighted by Gasteiger charge is 2.22. The van der Waals surface area contributed by atoms with Gasteiger partial charge in [0, 0.05) is 13.2 Å². The molecule has 1 aromatic carbocycles. The van der Waals surface area contributed by atoms with Gasteiger partial charge in [-0.15, -0.1) is 0 Å². The number of carbonyl (C=O) groups excluding carboxylic acids is 1. The zero-order valence-corrected chi connectivity index (χ0v) is 10.8. The van der Waals surface area contributed by atoms with Crippen LogP contribution in [0.1, 0.15) is 34.8 Å². The van der Waals surface area contributed by atoms with E-state index in [1.54, 1.807) is 19.2 Å². The normalized spacial score (nSPS) is 23.7. The summed E-state index contributed by atoms with van der Waals surface area (Å²) in [6.07, 6.45) is 2.33.